The van der Waals surface area contributed by atoms with E-state index in [9.17, 15) is 0 Å². The van der Waals surface area contributed by atoms with Gasteiger partial charge in [0.15, 0.2) is 0 Å². The molecule has 0 spiro atoms. The fraction of sp³-hybridized carbons (Fsp3) is 0.167. The lowest BCUT2D eigenvalue weighted by molar-refractivity contribution is 1.14. The summed E-state index contributed by atoms with van der Waals surface area (Å²) in [5.74, 6) is 1.50. The van der Waals surface area contributed by atoms with Crippen molar-refractivity contribution in [1.82, 2.24) is 9.97 Å². The van der Waals surface area contributed by atoms with E-state index in [0.717, 1.165) is 21.8 Å². The number of benzene rings is 1. The quantitative estimate of drug-likeness (QED) is 0.839. The molecule has 2 aromatic rings. The smallest absolute Gasteiger partial charge is 0.150 e. The number of rotatable bonds is 4. The molecule has 0 aliphatic carbocycles. The van der Waals surface area contributed by atoms with E-state index in [4.69, 9.17) is 0 Å². The Kier molecular flexibility index (Phi) is 4.43. The van der Waals surface area contributed by atoms with Crippen LogP contribution in [-0.4, -0.2) is 23.3 Å². The highest BCUT2D eigenvalue weighted by Crippen LogP contribution is 2.29. The Bertz CT molecular complexity index is 547. The molecule has 0 bridgehead atoms. The molecule has 2 rings (SSSR count). The summed E-state index contributed by atoms with van der Waals surface area (Å²) in [4.78, 5) is 9.55. The third-order valence-electron chi connectivity index (χ3n) is 2.36. The minimum absolute atomic E-state index is 0.743. The molecule has 0 aliphatic heterocycles. The Labute approximate surface area is 119 Å². The van der Waals surface area contributed by atoms with Gasteiger partial charge in [0.1, 0.15) is 22.4 Å². The topological polar surface area (TPSA) is 49.8 Å². The summed E-state index contributed by atoms with van der Waals surface area (Å²) in [6, 6.07) is 8.18. The monoisotopic (exact) mass is 324 g/mol. The second-order valence-corrected chi connectivity index (χ2v) is 5.16. The SMILES string of the molecule is CNc1ncnc(Nc2cccc(SC)c2)c1Br. The number of nitrogens with one attached hydrogen (secondary N) is 2. The van der Waals surface area contributed by atoms with Gasteiger partial charge in [-0.3, -0.25) is 0 Å². The van der Waals surface area contributed by atoms with Crippen LogP contribution in [-0.2, 0) is 0 Å². The largest absolute Gasteiger partial charge is 0.372 e. The van der Waals surface area contributed by atoms with E-state index in [1.54, 1.807) is 11.8 Å². The van der Waals surface area contributed by atoms with Gasteiger partial charge in [0.05, 0.1) is 0 Å². The van der Waals surface area contributed by atoms with Gasteiger partial charge in [-0.1, -0.05) is 6.07 Å². The molecule has 18 heavy (non-hydrogen) atoms. The second-order valence-electron chi connectivity index (χ2n) is 3.49. The van der Waals surface area contributed by atoms with Gasteiger partial charge in [-0.2, -0.15) is 0 Å². The molecule has 0 atom stereocenters. The molecular formula is C12H13BrN4S. The highest BCUT2D eigenvalue weighted by atomic mass is 79.9. The predicted molar refractivity (Wildman–Crippen MR) is 80.8 cm³/mol. The van der Waals surface area contributed by atoms with Crippen molar-refractivity contribution in [2.24, 2.45) is 0 Å². The summed E-state index contributed by atoms with van der Waals surface area (Å²) >= 11 is 5.19. The standard InChI is InChI=1S/C12H13BrN4S/c1-14-11-10(13)12(16-7-15-11)17-8-4-3-5-9(6-8)18-2/h3-7H,1-2H3,(H2,14,15,16,17). The fourth-order valence-corrected chi connectivity index (χ4v) is 2.43. The number of anilines is 3. The van der Waals surface area contributed by atoms with Crippen molar-refractivity contribution in [1.29, 1.82) is 0 Å². The molecule has 0 saturated carbocycles. The number of nitrogens with zero attached hydrogens (tertiary/aromatic N) is 2. The van der Waals surface area contributed by atoms with Crippen LogP contribution in [0, 0.1) is 0 Å². The van der Waals surface area contributed by atoms with Gasteiger partial charge in [-0.05, 0) is 40.4 Å². The van der Waals surface area contributed by atoms with Crippen LogP contribution < -0.4 is 10.6 Å². The molecule has 1 aromatic heterocycles. The third kappa shape index (κ3) is 2.94. The molecule has 0 aliphatic rings. The van der Waals surface area contributed by atoms with E-state index in [2.05, 4.69) is 54.9 Å². The van der Waals surface area contributed by atoms with Crippen LogP contribution >= 0.6 is 27.7 Å². The highest BCUT2D eigenvalue weighted by molar-refractivity contribution is 9.10. The fourth-order valence-electron chi connectivity index (χ4n) is 1.47. The van der Waals surface area contributed by atoms with Crippen molar-refractivity contribution < 1.29 is 0 Å². The first-order valence-electron chi connectivity index (χ1n) is 5.34. The lowest BCUT2D eigenvalue weighted by Gasteiger charge is -2.10. The lowest BCUT2D eigenvalue weighted by atomic mass is 10.3. The van der Waals surface area contributed by atoms with Crippen molar-refractivity contribution >= 4 is 45.0 Å². The maximum absolute atomic E-state index is 4.22. The van der Waals surface area contributed by atoms with E-state index < -0.39 is 0 Å². The van der Waals surface area contributed by atoms with Gasteiger partial charge in [-0.25, -0.2) is 9.97 Å². The van der Waals surface area contributed by atoms with Crippen LogP contribution in [0.3, 0.4) is 0 Å². The predicted octanol–water partition coefficient (Wildman–Crippen LogP) is 3.75. The maximum atomic E-state index is 4.22. The third-order valence-corrected chi connectivity index (χ3v) is 3.84. The van der Waals surface area contributed by atoms with Crippen molar-refractivity contribution in [3.8, 4) is 0 Å². The summed E-state index contributed by atoms with van der Waals surface area (Å²) in [5.41, 5.74) is 1.00. The van der Waals surface area contributed by atoms with Crippen molar-refractivity contribution in [2.45, 2.75) is 4.90 Å². The lowest BCUT2D eigenvalue weighted by Crippen LogP contribution is -2.00. The number of aromatic nitrogens is 2. The van der Waals surface area contributed by atoms with E-state index >= 15 is 0 Å². The summed E-state index contributed by atoms with van der Waals surface area (Å²) in [6.45, 7) is 0. The number of hydrogen-bond donors (Lipinski definition) is 2. The Morgan fingerprint density at radius 2 is 2.00 bits per heavy atom. The molecule has 0 saturated heterocycles. The number of hydrogen-bond acceptors (Lipinski definition) is 5. The maximum Gasteiger partial charge on any atom is 0.150 e. The molecule has 0 unspecified atom stereocenters. The molecule has 94 valence electrons. The molecule has 0 amide bonds. The van der Waals surface area contributed by atoms with Gasteiger partial charge in [-0.15, -0.1) is 11.8 Å². The van der Waals surface area contributed by atoms with E-state index in [0.29, 0.717) is 0 Å². The van der Waals surface area contributed by atoms with E-state index in [1.807, 2.05) is 19.2 Å². The Morgan fingerprint density at radius 1 is 1.22 bits per heavy atom. The minimum atomic E-state index is 0.743. The normalized spacial score (nSPS) is 10.2. The zero-order chi connectivity index (χ0) is 13.0. The van der Waals surface area contributed by atoms with Crippen molar-refractivity contribution in [3.63, 3.8) is 0 Å². The summed E-state index contributed by atoms with van der Waals surface area (Å²) in [5, 5.41) is 6.27. The van der Waals surface area contributed by atoms with Gasteiger partial charge in [0, 0.05) is 17.6 Å². The Morgan fingerprint density at radius 3 is 2.72 bits per heavy atom. The molecule has 1 heterocycles. The minimum Gasteiger partial charge on any atom is -0.372 e. The molecular weight excluding hydrogens is 312 g/mol. The Balaban J connectivity index is 2.28. The first kappa shape index (κ1) is 13.2. The molecule has 2 N–H and O–H groups in total. The first-order valence-corrected chi connectivity index (χ1v) is 7.35. The molecule has 0 radical (unpaired) electrons. The van der Waals surface area contributed by atoms with Crippen LogP contribution in [0.4, 0.5) is 17.3 Å². The van der Waals surface area contributed by atoms with Crippen molar-refractivity contribution in [2.75, 3.05) is 23.9 Å². The van der Waals surface area contributed by atoms with Crippen LogP contribution in [0.1, 0.15) is 0 Å². The number of thioether (sulfide) groups is 1. The Hall–Kier alpha value is -1.27. The molecule has 1 aromatic carbocycles. The molecule has 6 heteroatoms. The van der Waals surface area contributed by atoms with E-state index in [-0.39, 0.29) is 0 Å². The average molecular weight is 325 g/mol. The molecule has 0 fully saturated rings. The van der Waals surface area contributed by atoms with Crippen LogP contribution in [0.5, 0.6) is 0 Å². The first-order chi connectivity index (χ1) is 8.74. The second kappa shape index (κ2) is 6.06. The average Bonchev–Trinajstić information content (AvgIpc) is 2.41. The van der Waals surface area contributed by atoms with Gasteiger partial charge in [0.2, 0.25) is 0 Å². The van der Waals surface area contributed by atoms with Crippen LogP contribution in [0.15, 0.2) is 40.0 Å². The van der Waals surface area contributed by atoms with Crippen LogP contribution in [0.2, 0.25) is 0 Å². The van der Waals surface area contributed by atoms with Gasteiger partial charge < -0.3 is 10.6 Å². The van der Waals surface area contributed by atoms with Crippen molar-refractivity contribution in [3.05, 3.63) is 35.1 Å². The number of halogens is 1. The van der Waals surface area contributed by atoms with E-state index in [1.165, 1.54) is 11.2 Å². The zero-order valence-electron chi connectivity index (χ0n) is 10.1. The highest BCUT2D eigenvalue weighted by Gasteiger charge is 2.07. The van der Waals surface area contributed by atoms with Gasteiger partial charge >= 0.3 is 0 Å². The van der Waals surface area contributed by atoms with Gasteiger partial charge in [0.25, 0.3) is 0 Å². The summed E-state index contributed by atoms with van der Waals surface area (Å²) in [7, 11) is 1.82. The van der Waals surface area contributed by atoms with Crippen LogP contribution in [0.25, 0.3) is 0 Å². The summed E-state index contributed by atoms with van der Waals surface area (Å²) < 4.78 is 0.821. The summed E-state index contributed by atoms with van der Waals surface area (Å²) in [6.07, 6.45) is 3.58. The zero-order valence-corrected chi connectivity index (χ0v) is 12.5. The molecule has 4 nitrogen and oxygen atoms in total.